The van der Waals surface area contributed by atoms with Gasteiger partial charge in [-0.1, -0.05) is 12.1 Å². The van der Waals surface area contributed by atoms with Crippen LogP contribution >= 0.6 is 0 Å². The van der Waals surface area contributed by atoms with Crippen molar-refractivity contribution in [2.24, 2.45) is 0 Å². The van der Waals surface area contributed by atoms with Crippen LogP contribution in [-0.2, 0) is 4.79 Å². The number of aryl methyl sites for hydroxylation is 1. The third-order valence-corrected chi connectivity index (χ3v) is 3.15. The van der Waals surface area contributed by atoms with E-state index in [0.717, 1.165) is 16.9 Å². The number of nitrogens with one attached hydrogen (secondary N) is 2. The molecule has 0 aliphatic heterocycles. The molecule has 0 aliphatic carbocycles. The Hall–Kier alpha value is -2.69. The summed E-state index contributed by atoms with van der Waals surface area (Å²) in [5, 5.41) is 8.10. The van der Waals surface area contributed by atoms with E-state index in [1.807, 2.05) is 31.2 Å². The van der Waals surface area contributed by atoms with Gasteiger partial charge in [0, 0.05) is 37.1 Å². The highest BCUT2D eigenvalue weighted by atomic mass is 16.2. The molecule has 1 aromatic heterocycles. The minimum Gasteiger partial charge on any atom is -0.343 e. The molecule has 0 radical (unpaired) electrons. The molecule has 5 nitrogen and oxygen atoms in total. The number of carbonyl (C=O) groups is 1. The second kappa shape index (κ2) is 6.17. The number of carbonyl (C=O) groups excluding carboxylic acids is 1. The number of hydrogen-bond acceptors (Lipinski definition) is 3. The van der Waals surface area contributed by atoms with Gasteiger partial charge in [0.25, 0.3) is 0 Å². The first-order chi connectivity index (χ1) is 9.97. The number of aromatic amines is 1. The van der Waals surface area contributed by atoms with Gasteiger partial charge in [-0.15, -0.1) is 0 Å². The van der Waals surface area contributed by atoms with Crippen LogP contribution < -0.4 is 4.90 Å². The summed E-state index contributed by atoms with van der Waals surface area (Å²) in [6, 6.07) is 7.35. The number of allylic oxidation sites excluding steroid dienone is 1. The average Bonchev–Trinajstić information content (AvgIpc) is 2.89. The second-order valence-electron chi connectivity index (χ2n) is 4.83. The van der Waals surface area contributed by atoms with E-state index in [0.29, 0.717) is 11.5 Å². The molecule has 0 spiro atoms. The predicted octanol–water partition coefficient (Wildman–Crippen LogP) is 2.78. The third kappa shape index (κ3) is 3.66. The number of aromatic nitrogens is 2. The number of benzene rings is 1. The monoisotopic (exact) mass is 282 g/mol. The van der Waals surface area contributed by atoms with Crippen molar-refractivity contribution in [1.82, 2.24) is 9.97 Å². The second-order valence-corrected chi connectivity index (χ2v) is 4.83. The smallest absolute Gasteiger partial charge is 0.223 e. The van der Waals surface area contributed by atoms with Gasteiger partial charge in [0.2, 0.25) is 5.91 Å². The Bertz CT molecular complexity index is 700. The molecule has 1 heterocycles. The van der Waals surface area contributed by atoms with Crippen molar-refractivity contribution >= 4 is 23.4 Å². The van der Waals surface area contributed by atoms with Crippen LogP contribution in [0.4, 0.5) is 5.69 Å². The van der Waals surface area contributed by atoms with Crippen molar-refractivity contribution in [3.63, 3.8) is 0 Å². The SMILES string of the molecule is CC(=O)N(C)c1cccc(C(=N)/C=C\c2ncc(C)[nH]2)c1. The minimum atomic E-state index is -0.0414. The maximum atomic E-state index is 11.4. The number of H-pyrrole nitrogens is 1. The van der Waals surface area contributed by atoms with Gasteiger partial charge in [0.15, 0.2) is 0 Å². The normalized spacial score (nSPS) is 10.8. The van der Waals surface area contributed by atoms with Crippen LogP contribution in [0.2, 0.25) is 0 Å². The molecule has 0 atom stereocenters. The van der Waals surface area contributed by atoms with Crippen LogP contribution in [0.25, 0.3) is 6.08 Å². The lowest BCUT2D eigenvalue weighted by Crippen LogP contribution is -2.22. The lowest BCUT2D eigenvalue weighted by Gasteiger charge is -2.15. The van der Waals surface area contributed by atoms with Crippen molar-refractivity contribution in [3.05, 3.63) is 53.6 Å². The Labute approximate surface area is 123 Å². The molecule has 0 saturated carbocycles. The van der Waals surface area contributed by atoms with Crippen molar-refractivity contribution in [3.8, 4) is 0 Å². The Kier molecular flexibility index (Phi) is 4.33. The first-order valence-electron chi connectivity index (χ1n) is 6.60. The lowest BCUT2D eigenvalue weighted by atomic mass is 10.1. The maximum absolute atomic E-state index is 11.4. The zero-order valence-electron chi connectivity index (χ0n) is 12.3. The predicted molar refractivity (Wildman–Crippen MR) is 84.7 cm³/mol. The first-order valence-corrected chi connectivity index (χ1v) is 6.60. The minimum absolute atomic E-state index is 0.0414. The zero-order valence-corrected chi connectivity index (χ0v) is 12.3. The van der Waals surface area contributed by atoms with E-state index in [9.17, 15) is 4.79 Å². The number of nitrogens with zero attached hydrogens (tertiary/aromatic N) is 2. The van der Waals surface area contributed by atoms with E-state index >= 15 is 0 Å². The summed E-state index contributed by atoms with van der Waals surface area (Å²) in [5.74, 6) is 0.676. The first kappa shape index (κ1) is 14.7. The molecule has 21 heavy (non-hydrogen) atoms. The molecule has 0 bridgehead atoms. The molecule has 2 rings (SSSR count). The fraction of sp³-hybridized carbons (Fsp3) is 0.188. The van der Waals surface area contributed by atoms with E-state index < -0.39 is 0 Å². The van der Waals surface area contributed by atoms with Crippen LogP contribution in [-0.4, -0.2) is 28.6 Å². The molecule has 0 saturated heterocycles. The van der Waals surface area contributed by atoms with E-state index in [1.165, 1.54) is 6.92 Å². The van der Waals surface area contributed by atoms with Gasteiger partial charge in [-0.2, -0.15) is 0 Å². The van der Waals surface area contributed by atoms with Crippen molar-refractivity contribution in [2.45, 2.75) is 13.8 Å². The van der Waals surface area contributed by atoms with Crippen LogP contribution in [0.3, 0.4) is 0 Å². The number of amides is 1. The Morgan fingerprint density at radius 1 is 1.43 bits per heavy atom. The van der Waals surface area contributed by atoms with Gasteiger partial charge in [-0.3, -0.25) is 4.79 Å². The van der Waals surface area contributed by atoms with Crippen molar-refractivity contribution < 1.29 is 4.79 Å². The molecule has 0 fully saturated rings. The number of hydrogen-bond donors (Lipinski definition) is 2. The van der Waals surface area contributed by atoms with Crippen LogP contribution in [0.1, 0.15) is 24.0 Å². The van der Waals surface area contributed by atoms with Crippen LogP contribution in [0, 0.1) is 12.3 Å². The molecule has 108 valence electrons. The van der Waals surface area contributed by atoms with E-state index in [2.05, 4.69) is 9.97 Å². The van der Waals surface area contributed by atoms with Gasteiger partial charge >= 0.3 is 0 Å². The van der Waals surface area contributed by atoms with Gasteiger partial charge < -0.3 is 15.3 Å². The zero-order chi connectivity index (χ0) is 15.4. The lowest BCUT2D eigenvalue weighted by molar-refractivity contribution is -0.116. The highest BCUT2D eigenvalue weighted by Gasteiger charge is 2.07. The molecule has 0 aliphatic rings. The third-order valence-electron chi connectivity index (χ3n) is 3.15. The molecule has 1 aromatic carbocycles. The highest BCUT2D eigenvalue weighted by molar-refractivity contribution is 6.09. The van der Waals surface area contributed by atoms with E-state index in [4.69, 9.17) is 5.41 Å². The number of imidazole rings is 1. The van der Waals surface area contributed by atoms with Gasteiger partial charge in [0.1, 0.15) is 5.82 Å². The Morgan fingerprint density at radius 2 is 2.19 bits per heavy atom. The van der Waals surface area contributed by atoms with E-state index in [1.54, 1.807) is 30.3 Å². The average molecular weight is 282 g/mol. The largest absolute Gasteiger partial charge is 0.343 e. The van der Waals surface area contributed by atoms with Crippen molar-refractivity contribution in [1.29, 1.82) is 5.41 Å². The summed E-state index contributed by atoms with van der Waals surface area (Å²) in [6.45, 7) is 3.44. The molecule has 1 amide bonds. The van der Waals surface area contributed by atoms with Gasteiger partial charge in [-0.05, 0) is 31.2 Å². The molecule has 5 heteroatoms. The summed E-state index contributed by atoms with van der Waals surface area (Å²) < 4.78 is 0. The van der Waals surface area contributed by atoms with E-state index in [-0.39, 0.29) is 5.91 Å². The quantitative estimate of drug-likeness (QED) is 0.846. The van der Waals surface area contributed by atoms with Gasteiger partial charge in [0.05, 0.1) is 5.71 Å². The maximum Gasteiger partial charge on any atom is 0.223 e. The highest BCUT2D eigenvalue weighted by Crippen LogP contribution is 2.16. The fourth-order valence-corrected chi connectivity index (χ4v) is 1.84. The summed E-state index contributed by atoms with van der Waals surface area (Å²) in [7, 11) is 1.71. The number of rotatable bonds is 4. The summed E-state index contributed by atoms with van der Waals surface area (Å²) in [5.41, 5.74) is 2.86. The Balaban J connectivity index is 2.18. The fourth-order valence-electron chi connectivity index (χ4n) is 1.84. The van der Waals surface area contributed by atoms with Crippen LogP contribution in [0.5, 0.6) is 0 Å². The molecular weight excluding hydrogens is 264 g/mol. The number of anilines is 1. The standard InChI is InChI=1S/C16H18N4O/c1-11-10-18-16(19-11)8-7-15(17)13-5-4-6-14(9-13)20(3)12(2)21/h4-10,17H,1-3H3,(H,18,19)/b8-7-,17-15?. The van der Waals surface area contributed by atoms with Gasteiger partial charge in [-0.25, -0.2) is 4.98 Å². The molecular formula is C16H18N4O. The molecule has 2 N–H and O–H groups in total. The summed E-state index contributed by atoms with van der Waals surface area (Å²) in [6.07, 6.45) is 5.19. The topological polar surface area (TPSA) is 72.8 Å². The Morgan fingerprint density at radius 3 is 2.81 bits per heavy atom. The molecule has 2 aromatic rings. The summed E-state index contributed by atoms with van der Waals surface area (Å²) in [4.78, 5) is 20.2. The van der Waals surface area contributed by atoms with Crippen LogP contribution in [0.15, 0.2) is 36.5 Å². The summed E-state index contributed by atoms with van der Waals surface area (Å²) >= 11 is 0. The molecule has 0 unspecified atom stereocenters. The van der Waals surface area contributed by atoms with Crippen molar-refractivity contribution in [2.75, 3.05) is 11.9 Å².